The molecule has 0 spiro atoms. The third kappa shape index (κ3) is 5.32. The third-order valence-electron chi connectivity index (χ3n) is 3.06. The Labute approximate surface area is 130 Å². The standard InChI is InChI=1S/C14H18BrF3N2O/c1-2-3-4-10(8-19)20-13(21)9-5-6-12(15)11(7-9)14(16,17)18/h5-7,10H,2-4,8,19H2,1H3,(H,20,21). The van der Waals surface area contributed by atoms with Crippen LogP contribution in [0.3, 0.4) is 0 Å². The lowest BCUT2D eigenvalue weighted by Gasteiger charge is -2.17. The Hall–Kier alpha value is -1.08. The van der Waals surface area contributed by atoms with Gasteiger partial charge in [-0.2, -0.15) is 13.2 Å². The van der Waals surface area contributed by atoms with Crippen LogP contribution >= 0.6 is 15.9 Å². The van der Waals surface area contributed by atoms with Crippen molar-refractivity contribution < 1.29 is 18.0 Å². The minimum Gasteiger partial charge on any atom is -0.348 e. The molecular weight excluding hydrogens is 349 g/mol. The van der Waals surface area contributed by atoms with Crippen LogP contribution in [0.4, 0.5) is 13.2 Å². The topological polar surface area (TPSA) is 55.1 Å². The number of nitrogens with two attached hydrogens (primary N) is 1. The minimum absolute atomic E-state index is 0.0273. The molecule has 0 saturated carbocycles. The van der Waals surface area contributed by atoms with Gasteiger partial charge in [-0.15, -0.1) is 0 Å². The Morgan fingerprint density at radius 3 is 2.62 bits per heavy atom. The number of unbranched alkanes of at least 4 members (excludes halogenated alkanes) is 1. The summed E-state index contributed by atoms with van der Waals surface area (Å²) < 4.78 is 38.3. The molecule has 0 aliphatic heterocycles. The van der Waals surface area contributed by atoms with Crippen molar-refractivity contribution in [3.05, 3.63) is 33.8 Å². The number of carbonyl (C=O) groups is 1. The Morgan fingerprint density at radius 2 is 2.10 bits per heavy atom. The van der Waals surface area contributed by atoms with E-state index in [0.29, 0.717) is 6.42 Å². The quantitative estimate of drug-likeness (QED) is 0.805. The summed E-state index contributed by atoms with van der Waals surface area (Å²) in [5.74, 6) is -0.542. The largest absolute Gasteiger partial charge is 0.417 e. The van der Waals surface area contributed by atoms with Crippen molar-refractivity contribution in [3.8, 4) is 0 Å². The first-order chi connectivity index (χ1) is 9.79. The molecule has 1 atom stereocenters. The zero-order valence-corrected chi connectivity index (χ0v) is 13.2. The molecule has 0 aromatic heterocycles. The van der Waals surface area contributed by atoms with Crippen LogP contribution in [0.5, 0.6) is 0 Å². The van der Waals surface area contributed by atoms with E-state index in [-0.39, 0.29) is 22.6 Å². The Balaban J connectivity index is 2.88. The molecule has 3 nitrogen and oxygen atoms in total. The minimum atomic E-state index is -4.51. The normalized spacial score (nSPS) is 13.0. The summed E-state index contributed by atoms with van der Waals surface area (Å²) in [5, 5.41) is 2.67. The van der Waals surface area contributed by atoms with E-state index in [1.165, 1.54) is 12.1 Å². The second-order valence-corrected chi connectivity index (χ2v) is 5.60. The van der Waals surface area contributed by atoms with Crippen LogP contribution < -0.4 is 11.1 Å². The fourth-order valence-corrected chi connectivity index (χ4v) is 2.32. The fraction of sp³-hybridized carbons (Fsp3) is 0.500. The number of carbonyl (C=O) groups excluding carboxylic acids is 1. The zero-order chi connectivity index (χ0) is 16.0. The molecule has 0 fully saturated rings. The van der Waals surface area contributed by atoms with Crippen molar-refractivity contribution in [2.75, 3.05) is 6.54 Å². The van der Waals surface area contributed by atoms with E-state index in [0.717, 1.165) is 18.9 Å². The average molecular weight is 367 g/mol. The van der Waals surface area contributed by atoms with Crippen LogP contribution in [0.25, 0.3) is 0 Å². The highest BCUT2D eigenvalue weighted by Crippen LogP contribution is 2.35. The molecule has 1 rings (SSSR count). The summed E-state index contributed by atoms with van der Waals surface area (Å²) in [4.78, 5) is 12.0. The Bertz CT molecular complexity index is 492. The van der Waals surface area contributed by atoms with Gasteiger partial charge in [0.05, 0.1) is 5.56 Å². The maximum Gasteiger partial charge on any atom is 0.417 e. The van der Waals surface area contributed by atoms with Crippen molar-refractivity contribution in [1.82, 2.24) is 5.32 Å². The number of nitrogens with one attached hydrogen (secondary N) is 1. The number of hydrogen-bond acceptors (Lipinski definition) is 2. The van der Waals surface area contributed by atoms with Crippen LogP contribution in [0, 0.1) is 0 Å². The molecule has 118 valence electrons. The number of halogens is 4. The number of amides is 1. The number of alkyl halides is 3. The van der Waals surface area contributed by atoms with Crippen molar-refractivity contribution in [1.29, 1.82) is 0 Å². The monoisotopic (exact) mass is 366 g/mol. The van der Waals surface area contributed by atoms with Crippen LogP contribution in [0.15, 0.2) is 22.7 Å². The lowest BCUT2D eigenvalue weighted by molar-refractivity contribution is -0.138. The highest BCUT2D eigenvalue weighted by Gasteiger charge is 2.33. The summed E-state index contributed by atoms with van der Waals surface area (Å²) in [5.41, 5.74) is 4.67. The average Bonchev–Trinajstić information content (AvgIpc) is 2.42. The van der Waals surface area contributed by atoms with Crippen LogP contribution in [0.1, 0.15) is 42.1 Å². The van der Waals surface area contributed by atoms with Gasteiger partial charge in [0.1, 0.15) is 0 Å². The van der Waals surface area contributed by atoms with E-state index in [4.69, 9.17) is 5.73 Å². The van der Waals surface area contributed by atoms with Gasteiger partial charge < -0.3 is 11.1 Å². The van der Waals surface area contributed by atoms with Crippen LogP contribution in [-0.2, 0) is 6.18 Å². The maximum absolute atomic E-state index is 12.8. The molecule has 1 aromatic rings. The van der Waals surface area contributed by atoms with E-state index >= 15 is 0 Å². The van der Waals surface area contributed by atoms with Crippen molar-refractivity contribution in [2.24, 2.45) is 5.73 Å². The molecule has 1 unspecified atom stereocenters. The van der Waals surface area contributed by atoms with Gasteiger partial charge in [-0.1, -0.05) is 35.7 Å². The molecule has 0 heterocycles. The smallest absolute Gasteiger partial charge is 0.348 e. The lowest BCUT2D eigenvalue weighted by Crippen LogP contribution is -2.40. The van der Waals surface area contributed by atoms with Crippen molar-refractivity contribution in [2.45, 2.75) is 38.4 Å². The van der Waals surface area contributed by atoms with E-state index < -0.39 is 17.6 Å². The molecular formula is C14H18BrF3N2O. The van der Waals surface area contributed by atoms with Gasteiger partial charge in [-0.25, -0.2) is 0 Å². The summed E-state index contributed by atoms with van der Waals surface area (Å²) >= 11 is 2.84. The van der Waals surface area contributed by atoms with E-state index in [1.54, 1.807) is 0 Å². The Kier molecular flexibility index (Phi) is 6.67. The van der Waals surface area contributed by atoms with Crippen molar-refractivity contribution >= 4 is 21.8 Å². The SMILES string of the molecule is CCCCC(CN)NC(=O)c1ccc(Br)c(C(F)(F)F)c1. The van der Waals surface area contributed by atoms with Crippen LogP contribution in [-0.4, -0.2) is 18.5 Å². The molecule has 1 amide bonds. The molecule has 0 saturated heterocycles. The van der Waals surface area contributed by atoms with Crippen molar-refractivity contribution in [3.63, 3.8) is 0 Å². The number of benzene rings is 1. The molecule has 0 aliphatic rings. The van der Waals surface area contributed by atoms with Gasteiger partial charge >= 0.3 is 6.18 Å². The predicted molar refractivity (Wildman–Crippen MR) is 79.0 cm³/mol. The first-order valence-electron chi connectivity index (χ1n) is 6.67. The molecule has 21 heavy (non-hydrogen) atoms. The number of hydrogen-bond donors (Lipinski definition) is 2. The molecule has 1 aromatic carbocycles. The Morgan fingerprint density at radius 1 is 1.43 bits per heavy atom. The van der Waals surface area contributed by atoms with E-state index in [2.05, 4.69) is 21.2 Å². The summed E-state index contributed by atoms with van der Waals surface area (Å²) in [6.45, 7) is 2.27. The summed E-state index contributed by atoms with van der Waals surface area (Å²) in [7, 11) is 0. The fourth-order valence-electron chi connectivity index (χ4n) is 1.85. The second-order valence-electron chi connectivity index (χ2n) is 4.74. The summed E-state index contributed by atoms with van der Waals surface area (Å²) in [6.07, 6.45) is -1.94. The van der Waals surface area contributed by atoms with Gasteiger partial charge in [-0.3, -0.25) is 4.79 Å². The maximum atomic E-state index is 12.8. The zero-order valence-electron chi connectivity index (χ0n) is 11.6. The van der Waals surface area contributed by atoms with E-state index in [9.17, 15) is 18.0 Å². The highest BCUT2D eigenvalue weighted by molar-refractivity contribution is 9.10. The molecule has 0 aliphatic carbocycles. The van der Waals surface area contributed by atoms with E-state index in [1.807, 2.05) is 6.92 Å². The first kappa shape index (κ1) is 18.0. The van der Waals surface area contributed by atoms with Gasteiger partial charge in [-0.05, 0) is 24.6 Å². The predicted octanol–water partition coefficient (Wildman–Crippen LogP) is 3.72. The van der Waals surface area contributed by atoms with Gasteiger partial charge in [0.2, 0.25) is 0 Å². The van der Waals surface area contributed by atoms with Crippen LogP contribution in [0.2, 0.25) is 0 Å². The molecule has 0 radical (unpaired) electrons. The number of rotatable bonds is 6. The van der Waals surface area contributed by atoms with Gasteiger partial charge in [0.15, 0.2) is 0 Å². The first-order valence-corrected chi connectivity index (χ1v) is 7.46. The molecule has 3 N–H and O–H groups in total. The third-order valence-corrected chi connectivity index (χ3v) is 3.75. The summed E-state index contributed by atoms with van der Waals surface area (Å²) in [6, 6.07) is 3.19. The molecule has 7 heteroatoms. The van der Waals surface area contributed by atoms with Gasteiger partial charge in [0, 0.05) is 22.6 Å². The second kappa shape index (κ2) is 7.79. The highest BCUT2D eigenvalue weighted by atomic mass is 79.9. The molecule has 0 bridgehead atoms. The van der Waals surface area contributed by atoms with Gasteiger partial charge in [0.25, 0.3) is 5.91 Å². The lowest BCUT2D eigenvalue weighted by atomic mass is 10.1.